The summed E-state index contributed by atoms with van der Waals surface area (Å²) in [6.45, 7) is 11.0. The standard InChI is InChI=1S/C24H35F6N3O3S/c1-14(2)17-12-18(15(3)4)20(19(13-17)16(5)6)37(34,35)33-10-8-32(9-11-33)22(31-7)36-21(23(25,26)27)24(28,29)30/h12-16,21H,8-11H2,1-7H3. The lowest BCUT2D eigenvalue weighted by Gasteiger charge is -2.37. The zero-order valence-electron chi connectivity index (χ0n) is 22.0. The van der Waals surface area contributed by atoms with Gasteiger partial charge in [0.25, 0.3) is 12.1 Å². The van der Waals surface area contributed by atoms with Crippen molar-refractivity contribution in [3.05, 3.63) is 28.8 Å². The minimum absolute atomic E-state index is 0.101. The van der Waals surface area contributed by atoms with Crippen molar-refractivity contribution in [2.75, 3.05) is 33.2 Å². The van der Waals surface area contributed by atoms with Crippen molar-refractivity contribution in [3.63, 3.8) is 0 Å². The predicted octanol–water partition coefficient (Wildman–Crippen LogP) is 5.86. The molecule has 1 aromatic carbocycles. The Bertz CT molecular complexity index is 1030. The molecule has 0 atom stereocenters. The summed E-state index contributed by atoms with van der Waals surface area (Å²) in [7, 11) is -3.00. The maximum atomic E-state index is 13.9. The van der Waals surface area contributed by atoms with Crippen molar-refractivity contribution >= 4 is 16.0 Å². The number of nitrogens with zero attached hydrogens (tertiary/aromatic N) is 3. The topological polar surface area (TPSA) is 62.2 Å². The third-order valence-electron chi connectivity index (χ3n) is 6.20. The molecule has 0 N–H and O–H groups in total. The molecule has 37 heavy (non-hydrogen) atoms. The normalized spacial score (nSPS) is 17.0. The molecular formula is C24H35F6N3O3S. The number of hydrogen-bond acceptors (Lipinski definition) is 4. The van der Waals surface area contributed by atoms with Crippen molar-refractivity contribution in [1.29, 1.82) is 0 Å². The largest absolute Gasteiger partial charge is 0.442 e. The summed E-state index contributed by atoms with van der Waals surface area (Å²) in [6, 6.07) is 2.95. The molecule has 0 aliphatic carbocycles. The Hall–Kier alpha value is -2.02. The number of benzene rings is 1. The van der Waals surface area contributed by atoms with Crippen molar-refractivity contribution in [2.45, 2.75) is 82.6 Å². The summed E-state index contributed by atoms with van der Waals surface area (Å²) in [4.78, 5) is 4.78. The van der Waals surface area contributed by atoms with E-state index in [1.807, 2.05) is 53.7 Å². The van der Waals surface area contributed by atoms with E-state index in [-0.39, 0.29) is 48.8 Å². The van der Waals surface area contributed by atoms with E-state index in [4.69, 9.17) is 0 Å². The molecule has 0 unspecified atom stereocenters. The second kappa shape index (κ2) is 11.4. The molecule has 1 aliphatic heterocycles. The van der Waals surface area contributed by atoms with Crippen LogP contribution in [-0.4, -0.2) is 75.3 Å². The Morgan fingerprint density at radius 3 is 1.59 bits per heavy atom. The maximum absolute atomic E-state index is 13.9. The van der Waals surface area contributed by atoms with Gasteiger partial charge in [-0.25, -0.2) is 13.4 Å². The Kier molecular flexibility index (Phi) is 9.60. The summed E-state index contributed by atoms with van der Waals surface area (Å²) in [5.74, 6) is -0.0217. The van der Waals surface area contributed by atoms with Crippen LogP contribution in [-0.2, 0) is 14.8 Å². The monoisotopic (exact) mass is 559 g/mol. The van der Waals surface area contributed by atoms with E-state index in [1.165, 1.54) is 4.31 Å². The number of amidine groups is 1. The molecule has 1 aromatic rings. The van der Waals surface area contributed by atoms with Gasteiger partial charge in [-0.05, 0) is 34.4 Å². The highest BCUT2D eigenvalue weighted by Crippen LogP contribution is 2.38. The summed E-state index contributed by atoms with van der Waals surface area (Å²) in [6.07, 6.45) is -15.4. The second-order valence-electron chi connectivity index (χ2n) is 9.97. The number of sulfonamides is 1. The summed E-state index contributed by atoms with van der Waals surface area (Å²) in [5.41, 5.74) is 2.37. The van der Waals surface area contributed by atoms with Crippen molar-refractivity contribution in [3.8, 4) is 0 Å². The molecule has 0 bridgehead atoms. The quantitative estimate of drug-likeness (QED) is 0.249. The summed E-state index contributed by atoms with van der Waals surface area (Å²) < 4.78 is 111. The van der Waals surface area contributed by atoms with Gasteiger partial charge in [0.15, 0.2) is 0 Å². The zero-order valence-corrected chi connectivity index (χ0v) is 22.9. The molecule has 1 heterocycles. The minimum Gasteiger partial charge on any atom is -0.442 e. The lowest BCUT2D eigenvalue weighted by molar-refractivity contribution is -0.305. The van der Waals surface area contributed by atoms with Gasteiger partial charge in [-0.1, -0.05) is 53.7 Å². The first kappa shape index (κ1) is 31.2. The number of aliphatic imine (C=N–C) groups is 1. The molecule has 6 nitrogen and oxygen atoms in total. The molecule has 0 aromatic heterocycles. The molecule has 2 rings (SSSR count). The number of rotatable bonds is 6. The van der Waals surface area contributed by atoms with Crippen LogP contribution in [0, 0.1) is 0 Å². The van der Waals surface area contributed by atoms with E-state index in [0.29, 0.717) is 11.1 Å². The van der Waals surface area contributed by atoms with E-state index >= 15 is 0 Å². The van der Waals surface area contributed by atoms with Gasteiger partial charge in [0.1, 0.15) is 0 Å². The van der Waals surface area contributed by atoms with Crippen LogP contribution < -0.4 is 0 Å². The number of hydrogen-bond donors (Lipinski definition) is 0. The van der Waals surface area contributed by atoms with E-state index in [2.05, 4.69) is 9.73 Å². The molecule has 1 saturated heterocycles. The Labute approximate surface area is 214 Å². The number of alkyl halides is 6. The molecule has 0 spiro atoms. The van der Waals surface area contributed by atoms with Gasteiger partial charge in [0, 0.05) is 33.2 Å². The van der Waals surface area contributed by atoms with Crippen LogP contribution in [0.4, 0.5) is 26.3 Å². The van der Waals surface area contributed by atoms with Crippen LogP contribution in [0.3, 0.4) is 0 Å². The van der Waals surface area contributed by atoms with Crippen molar-refractivity contribution in [2.24, 2.45) is 4.99 Å². The third kappa shape index (κ3) is 7.10. The Morgan fingerprint density at radius 2 is 1.27 bits per heavy atom. The molecule has 1 aliphatic rings. The van der Waals surface area contributed by atoms with Crippen molar-refractivity contribution in [1.82, 2.24) is 9.21 Å². The van der Waals surface area contributed by atoms with Gasteiger partial charge < -0.3 is 9.64 Å². The van der Waals surface area contributed by atoms with Crippen LogP contribution >= 0.6 is 0 Å². The molecular weight excluding hydrogens is 524 g/mol. The van der Waals surface area contributed by atoms with Crippen LogP contribution in [0.15, 0.2) is 22.0 Å². The highest BCUT2D eigenvalue weighted by molar-refractivity contribution is 7.89. The molecule has 1 fully saturated rings. The summed E-state index contributed by atoms with van der Waals surface area (Å²) >= 11 is 0. The van der Waals surface area contributed by atoms with Crippen LogP contribution in [0.25, 0.3) is 0 Å². The maximum Gasteiger partial charge on any atom is 0.434 e. The van der Waals surface area contributed by atoms with E-state index in [9.17, 15) is 34.8 Å². The SMILES string of the molecule is CN=C(OC(C(F)(F)F)C(F)(F)F)N1CCN(S(=O)(=O)c2c(C(C)C)cc(C(C)C)cc2C(C)C)CC1. The van der Waals surface area contributed by atoms with Gasteiger partial charge in [0.05, 0.1) is 4.90 Å². The third-order valence-corrected chi connectivity index (χ3v) is 8.23. The average molecular weight is 560 g/mol. The van der Waals surface area contributed by atoms with Gasteiger partial charge in [0.2, 0.25) is 10.0 Å². The fourth-order valence-electron chi connectivity index (χ4n) is 4.13. The van der Waals surface area contributed by atoms with Gasteiger partial charge in [-0.2, -0.15) is 30.6 Å². The number of ether oxygens (including phenoxy) is 1. The molecule has 0 saturated carbocycles. The lowest BCUT2D eigenvalue weighted by Crippen LogP contribution is -2.54. The zero-order chi connectivity index (χ0) is 28.5. The fourth-order valence-corrected chi connectivity index (χ4v) is 6.22. The van der Waals surface area contributed by atoms with Crippen LogP contribution in [0.2, 0.25) is 0 Å². The lowest BCUT2D eigenvalue weighted by atomic mass is 9.89. The second-order valence-corrected chi connectivity index (χ2v) is 11.8. The highest BCUT2D eigenvalue weighted by Gasteiger charge is 2.60. The smallest absolute Gasteiger partial charge is 0.434 e. The van der Waals surface area contributed by atoms with E-state index < -0.39 is 34.5 Å². The van der Waals surface area contributed by atoms with E-state index in [0.717, 1.165) is 17.5 Å². The van der Waals surface area contributed by atoms with Crippen LogP contribution in [0.5, 0.6) is 0 Å². The van der Waals surface area contributed by atoms with Crippen molar-refractivity contribution < 1.29 is 39.5 Å². The molecule has 13 heteroatoms. The molecule has 212 valence electrons. The van der Waals surface area contributed by atoms with Gasteiger partial charge in [-0.3, -0.25) is 0 Å². The molecule has 0 radical (unpaired) electrons. The first-order valence-electron chi connectivity index (χ1n) is 12.0. The average Bonchev–Trinajstić information content (AvgIpc) is 2.77. The predicted molar refractivity (Wildman–Crippen MR) is 129 cm³/mol. The number of halogens is 6. The van der Waals surface area contributed by atoms with E-state index in [1.54, 1.807) is 0 Å². The van der Waals surface area contributed by atoms with Gasteiger partial charge >= 0.3 is 12.4 Å². The minimum atomic E-state index is -5.69. The fraction of sp³-hybridized carbons (Fsp3) is 0.708. The van der Waals surface area contributed by atoms with Gasteiger partial charge in [-0.15, -0.1) is 0 Å². The first-order valence-corrected chi connectivity index (χ1v) is 13.5. The number of piperazine rings is 1. The summed E-state index contributed by atoms with van der Waals surface area (Å²) in [5, 5.41) is 0. The van der Waals surface area contributed by atoms with Crippen LogP contribution in [0.1, 0.15) is 76.0 Å². The highest BCUT2D eigenvalue weighted by atomic mass is 32.2. The Balaban J connectivity index is 2.37. The Morgan fingerprint density at radius 1 is 0.838 bits per heavy atom. The molecule has 0 amide bonds. The first-order chi connectivity index (χ1) is 16.8.